The summed E-state index contributed by atoms with van der Waals surface area (Å²) in [5.41, 5.74) is 0.555. The quantitative estimate of drug-likeness (QED) is 0.761. The predicted octanol–water partition coefficient (Wildman–Crippen LogP) is 3.13. The molecule has 1 aromatic rings. The molecule has 4 nitrogen and oxygen atoms in total. The number of rotatable bonds is 2. The van der Waals surface area contributed by atoms with Crippen LogP contribution in [0.15, 0.2) is 22.7 Å². The van der Waals surface area contributed by atoms with E-state index in [2.05, 4.69) is 15.9 Å². The third-order valence-corrected chi connectivity index (χ3v) is 4.30. The zero-order valence-electron chi connectivity index (χ0n) is 11.1. The van der Waals surface area contributed by atoms with Gasteiger partial charge in [0.2, 0.25) is 0 Å². The molecule has 1 aliphatic rings. The molecule has 1 atom stereocenters. The summed E-state index contributed by atoms with van der Waals surface area (Å²) in [4.78, 5) is 25.8. The number of nitrogens with zero attached hydrogens (tertiary/aromatic N) is 1. The van der Waals surface area contributed by atoms with Crippen molar-refractivity contribution < 1.29 is 14.3 Å². The number of ether oxygens (including phenoxy) is 1. The average Bonchev–Trinajstić information content (AvgIpc) is 2.46. The Morgan fingerprint density at radius 2 is 2.20 bits per heavy atom. The molecular weight excluding hydrogens is 346 g/mol. The first-order valence-electron chi connectivity index (χ1n) is 6.35. The lowest BCUT2D eigenvalue weighted by molar-refractivity contribution is -0.146. The van der Waals surface area contributed by atoms with Gasteiger partial charge in [-0.3, -0.25) is 9.59 Å². The van der Waals surface area contributed by atoms with Crippen LogP contribution in [-0.2, 0) is 9.53 Å². The van der Waals surface area contributed by atoms with Gasteiger partial charge in [-0.1, -0.05) is 11.6 Å². The number of amides is 1. The smallest absolute Gasteiger partial charge is 0.310 e. The molecule has 0 aliphatic carbocycles. The lowest BCUT2D eigenvalue weighted by atomic mass is 9.97. The summed E-state index contributed by atoms with van der Waals surface area (Å²) in [5.74, 6) is -0.580. The standard InChI is InChI=1S/C14H15BrClNO3/c1-20-14(19)9-3-2-6-17(8-9)13(18)11-5-4-10(16)7-12(11)15/h4-5,7,9H,2-3,6,8H2,1H3. The van der Waals surface area contributed by atoms with Gasteiger partial charge in [0.25, 0.3) is 5.91 Å². The number of hydrogen-bond donors (Lipinski definition) is 0. The maximum absolute atomic E-state index is 12.5. The molecule has 6 heteroatoms. The van der Waals surface area contributed by atoms with Crippen LogP contribution in [0.4, 0.5) is 0 Å². The fourth-order valence-electron chi connectivity index (χ4n) is 2.35. The number of methoxy groups -OCH3 is 1. The highest BCUT2D eigenvalue weighted by Crippen LogP contribution is 2.25. The second-order valence-corrected chi connectivity index (χ2v) is 6.03. The van der Waals surface area contributed by atoms with E-state index in [9.17, 15) is 9.59 Å². The minimum absolute atomic E-state index is 0.0952. The Kier molecular flexibility index (Phi) is 5.05. The number of hydrogen-bond acceptors (Lipinski definition) is 3. The van der Waals surface area contributed by atoms with Gasteiger partial charge in [-0.15, -0.1) is 0 Å². The van der Waals surface area contributed by atoms with Gasteiger partial charge in [0.05, 0.1) is 18.6 Å². The number of likely N-dealkylation sites (tertiary alicyclic amines) is 1. The van der Waals surface area contributed by atoms with Crippen LogP contribution in [0.5, 0.6) is 0 Å². The van der Waals surface area contributed by atoms with Crippen LogP contribution in [0.1, 0.15) is 23.2 Å². The second-order valence-electron chi connectivity index (χ2n) is 4.74. The maximum Gasteiger partial charge on any atom is 0.310 e. The van der Waals surface area contributed by atoms with Crippen LogP contribution in [0, 0.1) is 5.92 Å². The molecule has 20 heavy (non-hydrogen) atoms. The molecule has 0 N–H and O–H groups in total. The Morgan fingerprint density at radius 3 is 2.85 bits per heavy atom. The van der Waals surface area contributed by atoms with Gasteiger partial charge < -0.3 is 9.64 Å². The van der Waals surface area contributed by atoms with Crippen LogP contribution in [0.3, 0.4) is 0 Å². The number of benzene rings is 1. The molecule has 108 valence electrons. The van der Waals surface area contributed by atoms with Crippen molar-refractivity contribution in [1.29, 1.82) is 0 Å². The Labute approximate surface area is 131 Å². The average molecular weight is 361 g/mol. The highest BCUT2D eigenvalue weighted by molar-refractivity contribution is 9.10. The van der Waals surface area contributed by atoms with Crippen molar-refractivity contribution in [3.05, 3.63) is 33.3 Å². The first kappa shape index (κ1) is 15.3. The summed E-state index contributed by atoms with van der Waals surface area (Å²) in [6, 6.07) is 5.06. The lowest BCUT2D eigenvalue weighted by Crippen LogP contribution is -2.42. The summed E-state index contributed by atoms with van der Waals surface area (Å²) in [6.45, 7) is 1.06. The zero-order valence-corrected chi connectivity index (χ0v) is 13.4. The largest absolute Gasteiger partial charge is 0.469 e. The van der Waals surface area contributed by atoms with E-state index in [0.717, 1.165) is 12.8 Å². The molecule has 1 amide bonds. The molecule has 0 radical (unpaired) electrons. The molecule has 1 heterocycles. The number of carbonyl (C=O) groups excluding carboxylic acids is 2. The Hall–Kier alpha value is -1.07. The highest BCUT2D eigenvalue weighted by atomic mass is 79.9. The summed E-state index contributed by atoms with van der Waals surface area (Å²) in [6.07, 6.45) is 1.56. The molecule has 0 saturated carbocycles. The van der Waals surface area contributed by atoms with Crippen molar-refractivity contribution >= 4 is 39.4 Å². The minimum Gasteiger partial charge on any atom is -0.469 e. The van der Waals surface area contributed by atoms with Gasteiger partial charge >= 0.3 is 5.97 Å². The van der Waals surface area contributed by atoms with E-state index in [4.69, 9.17) is 16.3 Å². The number of halogens is 2. The third kappa shape index (κ3) is 3.33. The van der Waals surface area contributed by atoms with Crippen molar-refractivity contribution in [1.82, 2.24) is 4.90 Å². The van der Waals surface area contributed by atoms with E-state index in [0.29, 0.717) is 28.1 Å². The van der Waals surface area contributed by atoms with Gasteiger partial charge in [-0.05, 0) is 47.0 Å². The van der Waals surface area contributed by atoms with Crippen LogP contribution in [0.2, 0.25) is 5.02 Å². The van der Waals surface area contributed by atoms with Crippen LogP contribution in [-0.4, -0.2) is 37.0 Å². The monoisotopic (exact) mass is 359 g/mol. The summed E-state index contributed by atoms with van der Waals surface area (Å²) < 4.78 is 5.42. The first-order valence-corrected chi connectivity index (χ1v) is 7.52. The first-order chi connectivity index (χ1) is 9.52. The Balaban J connectivity index is 2.14. The van der Waals surface area contributed by atoms with Crippen molar-refractivity contribution in [2.75, 3.05) is 20.2 Å². The normalized spacial score (nSPS) is 18.8. The predicted molar refractivity (Wildman–Crippen MR) is 79.8 cm³/mol. The molecular formula is C14H15BrClNO3. The van der Waals surface area contributed by atoms with Crippen molar-refractivity contribution in [3.8, 4) is 0 Å². The van der Waals surface area contributed by atoms with Gasteiger partial charge in [0.15, 0.2) is 0 Å². The fourth-order valence-corrected chi connectivity index (χ4v) is 3.21. The van der Waals surface area contributed by atoms with Crippen LogP contribution < -0.4 is 0 Å². The molecule has 2 rings (SSSR count). The van der Waals surface area contributed by atoms with E-state index in [1.54, 1.807) is 23.1 Å². The minimum atomic E-state index is -0.252. The van der Waals surface area contributed by atoms with E-state index in [-0.39, 0.29) is 17.8 Å². The van der Waals surface area contributed by atoms with Gasteiger partial charge in [0, 0.05) is 22.6 Å². The van der Waals surface area contributed by atoms with Gasteiger partial charge in [-0.25, -0.2) is 0 Å². The van der Waals surface area contributed by atoms with E-state index < -0.39 is 0 Å². The Morgan fingerprint density at radius 1 is 1.45 bits per heavy atom. The molecule has 1 saturated heterocycles. The molecule has 0 spiro atoms. The van der Waals surface area contributed by atoms with Crippen molar-refractivity contribution in [2.45, 2.75) is 12.8 Å². The van der Waals surface area contributed by atoms with Gasteiger partial charge in [0.1, 0.15) is 0 Å². The lowest BCUT2D eigenvalue weighted by Gasteiger charge is -2.31. The molecule has 1 fully saturated rings. The maximum atomic E-state index is 12.5. The molecule has 1 aromatic carbocycles. The summed E-state index contributed by atoms with van der Waals surface area (Å²) in [7, 11) is 1.37. The van der Waals surface area contributed by atoms with Crippen LogP contribution >= 0.6 is 27.5 Å². The summed E-state index contributed by atoms with van der Waals surface area (Å²) in [5, 5.41) is 0.569. The second kappa shape index (κ2) is 6.59. The number of piperidine rings is 1. The topological polar surface area (TPSA) is 46.6 Å². The van der Waals surface area contributed by atoms with E-state index in [1.807, 2.05) is 0 Å². The third-order valence-electron chi connectivity index (χ3n) is 3.40. The van der Waals surface area contributed by atoms with Crippen molar-refractivity contribution in [2.24, 2.45) is 5.92 Å². The SMILES string of the molecule is COC(=O)C1CCCN(C(=O)c2ccc(Cl)cc2Br)C1. The number of carbonyl (C=O) groups is 2. The highest BCUT2D eigenvalue weighted by Gasteiger charge is 2.30. The molecule has 1 unspecified atom stereocenters. The number of esters is 1. The van der Waals surface area contributed by atoms with Gasteiger partial charge in [-0.2, -0.15) is 0 Å². The van der Waals surface area contributed by atoms with E-state index in [1.165, 1.54) is 7.11 Å². The molecule has 0 aromatic heterocycles. The zero-order chi connectivity index (χ0) is 14.7. The van der Waals surface area contributed by atoms with Crippen LogP contribution in [0.25, 0.3) is 0 Å². The van der Waals surface area contributed by atoms with E-state index >= 15 is 0 Å². The Bertz CT molecular complexity index is 535. The van der Waals surface area contributed by atoms with Crippen molar-refractivity contribution in [3.63, 3.8) is 0 Å². The summed E-state index contributed by atoms with van der Waals surface area (Å²) >= 11 is 9.22. The molecule has 1 aliphatic heterocycles. The molecule has 0 bridgehead atoms. The fraction of sp³-hybridized carbons (Fsp3) is 0.429.